The second-order valence-corrected chi connectivity index (χ2v) is 12.6. The molecule has 4 heterocycles. The molecule has 0 spiro atoms. The van der Waals surface area contributed by atoms with E-state index in [9.17, 15) is 9.59 Å². The SMILES string of the molecule is CC(C)OC(=O)c1cccnc1OCN1CCC[C@H]1Cc1ccc(C[C@@H]2CCCN2COc2ncccc2C(=O)OC(C)C)cc1. The molecule has 0 aliphatic carbocycles. The number of benzene rings is 1. The number of ether oxygens (including phenoxy) is 4. The molecule has 2 fully saturated rings. The van der Waals surface area contributed by atoms with Crippen molar-refractivity contribution in [2.75, 3.05) is 26.6 Å². The van der Waals surface area contributed by atoms with Gasteiger partial charge >= 0.3 is 11.9 Å². The Bertz CT molecular complexity index is 1340. The molecule has 0 bridgehead atoms. The second kappa shape index (κ2) is 16.0. The van der Waals surface area contributed by atoms with Crippen molar-refractivity contribution in [2.24, 2.45) is 0 Å². The molecule has 3 aromatic rings. The van der Waals surface area contributed by atoms with Crippen LogP contribution in [-0.2, 0) is 22.3 Å². The van der Waals surface area contributed by atoms with Crippen molar-refractivity contribution in [3.8, 4) is 11.8 Å². The van der Waals surface area contributed by atoms with Gasteiger partial charge in [0.25, 0.3) is 0 Å². The molecule has 46 heavy (non-hydrogen) atoms. The van der Waals surface area contributed by atoms with E-state index < -0.39 is 11.9 Å². The fourth-order valence-electron chi connectivity index (χ4n) is 6.11. The molecule has 0 N–H and O–H groups in total. The van der Waals surface area contributed by atoms with Gasteiger partial charge < -0.3 is 18.9 Å². The summed E-state index contributed by atoms with van der Waals surface area (Å²) in [4.78, 5) is 38.3. The molecule has 0 saturated carbocycles. The first-order valence-corrected chi connectivity index (χ1v) is 16.4. The van der Waals surface area contributed by atoms with Crippen LogP contribution in [0.25, 0.3) is 0 Å². The predicted molar refractivity (Wildman–Crippen MR) is 174 cm³/mol. The summed E-state index contributed by atoms with van der Waals surface area (Å²) in [7, 11) is 0. The van der Waals surface area contributed by atoms with Gasteiger partial charge in [-0.3, -0.25) is 9.80 Å². The normalized spacial score (nSPS) is 18.7. The standard InChI is InChI=1S/C36H46N4O6/c1-25(2)45-35(41)31-11-5-17-37-33(31)43-23-39-19-7-9-29(39)21-27-13-15-28(16-14-27)22-30-10-8-20-40(30)24-44-34-32(12-6-18-38-34)36(42)46-26(3)4/h5-6,11-18,25-26,29-30H,7-10,19-24H2,1-4H3/t29-,30-/m0/s1. The number of aromatic nitrogens is 2. The highest BCUT2D eigenvalue weighted by molar-refractivity contribution is 5.92. The molecule has 2 atom stereocenters. The van der Waals surface area contributed by atoms with Gasteiger partial charge in [-0.25, -0.2) is 19.6 Å². The number of hydrogen-bond donors (Lipinski definition) is 0. The molecular weight excluding hydrogens is 584 g/mol. The third kappa shape index (κ3) is 9.04. The fraction of sp³-hybridized carbons (Fsp3) is 0.500. The van der Waals surface area contributed by atoms with Crippen LogP contribution in [0.3, 0.4) is 0 Å². The van der Waals surface area contributed by atoms with Crippen LogP contribution in [0, 0.1) is 0 Å². The van der Waals surface area contributed by atoms with Crippen molar-refractivity contribution in [3.63, 3.8) is 0 Å². The summed E-state index contributed by atoms with van der Waals surface area (Å²) >= 11 is 0. The van der Waals surface area contributed by atoms with Gasteiger partial charge in [0.15, 0.2) is 0 Å². The van der Waals surface area contributed by atoms with Gasteiger partial charge in [0, 0.05) is 37.6 Å². The highest BCUT2D eigenvalue weighted by atomic mass is 16.6. The number of nitrogens with zero attached hydrogens (tertiary/aromatic N) is 4. The van der Waals surface area contributed by atoms with Crippen LogP contribution in [0.4, 0.5) is 0 Å². The van der Waals surface area contributed by atoms with E-state index in [0.29, 0.717) is 48.4 Å². The van der Waals surface area contributed by atoms with Crippen molar-refractivity contribution >= 4 is 11.9 Å². The summed E-state index contributed by atoms with van der Waals surface area (Å²) < 4.78 is 22.8. The van der Waals surface area contributed by atoms with Crippen LogP contribution in [0.5, 0.6) is 11.8 Å². The largest absolute Gasteiger partial charge is 0.461 e. The Morgan fingerprint density at radius 2 is 1.11 bits per heavy atom. The van der Waals surface area contributed by atoms with Crippen molar-refractivity contribution in [1.29, 1.82) is 0 Å². The maximum atomic E-state index is 12.5. The van der Waals surface area contributed by atoms with Crippen LogP contribution < -0.4 is 9.47 Å². The molecule has 2 aliphatic heterocycles. The lowest BCUT2D eigenvalue weighted by atomic mass is 9.99. The van der Waals surface area contributed by atoms with Gasteiger partial charge in [-0.1, -0.05) is 24.3 Å². The monoisotopic (exact) mass is 630 g/mol. The number of likely N-dealkylation sites (tertiary alicyclic amines) is 2. The third-order valence-electron chi connectivity index (χ3n) is 8.37. The fourth-order valence-corrected chi connectivity index (χ4v) is 6.11. The summed E-state index contributed by atoms with van der Waals surface area (Å²) in [5.74, 6) is -0.224. The lowest BCUT2D eigenvalue weighted by Crippen LogP contribution is -2.35. The number of rotatable bonds is 14. The van der Waals surface area contributed by atoms with Crippen LogP contribution in [0.1, 0.15) is 85.2 Å². The molecule has 10 heteroatoms. The Kier molecular flexibility index (Phi) is 11.6. The molecule has 2 aliphatic rings. The van der Waals surface area contributed by atoms with E-state index in [2.05, 4.69) is 44.0 Å². The molecule has 0 radical (unpaired) electrons. The lowest BCUT2D eigenvalue weighted by molar-refractivity contribution is 0.0354. The summed E-state index contributed by atoms with van der Waals surface area (Å²) in [5.41, 5.74) is 3.29. The summed E-state index contributed by atoms with van der Waals surface area (Å²) in [6, 6.07) is 16.5. The van der Waals surface area contributed by atoms with Crippen LogP contribution in [0.2, 0.25) is 0 Å². The van der Waals surface area contributed by atoms with Gasteiger partial charge in [-0.15, -0.1) is 0 Å². The average molecular weight is 631 g/mol. The first-order chi connectivity index (χ1) is 22.3. The zero-order chi connectivity index (χ0) is 32.5. The van der Waals surface area contributed by atoms with Gasteiger partial charge in [-0.2, -0.15) is 0 Å². The molecule has 0 amide bonds. The second-order valence-electron chi connectivity index (χ2n) is 12.6. The molecule has 10 nitrogen and oxygen atoms in total. The molecule has 1 aromatic carbocycles. The maximum absolute atomic E-state index is 12.5. The number of pyridine rings is 2. The highest BCUT2D eigenvalue weighted by Crippen LogP contribution is 2.26. The number of carbonyl (C=O) groups is 2. The van der Waals surface area contributed by atoms with Crippen LogP contribution in [0.15, 0.2) is 60.9 Å². The van der Waals surface area contributed by atoms with Crippen LogP contribution in [-0.4, -0.2) is 82.5 Å². The van der Waals surface area contributed by atoms with Gasteiger partial charge in [0.1, 0.15) is 24.6 Å². The Hall–Kier alpha value is -4.02. The van der Waals surface area contributed by atoms with E-state index in [-0.39, 0.29) is 12.2 Å². The highest BCUT2D eigenvalue weighted by Gasteiger charge is 2.28. The minimum Gasteiger partial charge on any atom is -0.461 e. The first kappa shape index (κ1) is 33.3. The van der Waals surface area contributed by atoms with E-state index in [1.54, 1.807) is 36.7 Å². The average Bonchev–Trinajstić information content (AvgIpc) is 3.68. The zero-order valence-electron chi connectivity index (χ0n) is 27.4. The quantitative estimate of drug-likeness (QED) is 0.206. The van der Waals surface area contributed by atoms with Crippen molar-refractivity contribution in [1.82, 2.24) is 19.8 Å². The first-order valence-electron chi connectivity index (χ1n) is 16.4. The van der Waals surface area contributed by atoms with Gasteiger partial charge in [0.05, 0.1) is 12.2 Å². The van der Waals surface area contributed by atoms with Crippen LogP contribution >= 0.6 is 0 Å². The van der Waals surface area contributed by atoms with Gasteiger partial charge in [-0.05, 0) is 102 Å². The summed E-state index contributed by atoms with van der Waals surface area (Å²) in [6.45, 7) is 9.94. The smallest absolute Gasteiger partial charge is 0.343 e. The molecule has 246 valence electrons. The van der Waals surface area contributed by atoms with E-state index in [1.807, 2.05) is 27.7 Å². The maximum Gasteiger partial charge on any atom is 0.343 e. The summed E-state index contributed by atoms with van der Waals surface area (Å²) in [6.07, 6.45) is 9.11. The molecule has 5 rings (SSSR count). The van der Waals surface area contributed by atoms with E-state index >= 15 is 0 Å². The minimum absolute atomic E-state index is 0.213. The molecule has 2 aromatic heterocycles. The number of hydrogen-bond acceptors (Lipinski definition) is 10. The van der Waals surface area contributed by atoms with Gasteiger partial charge in [0.2, 0.25) is 11.8 Å². The van der Waals surface area contributed by atoms with Crippen molar-refractivity contribution < 1.29 is 28.5 Å². The van der Waals surface area contributed by atoms with E-state index in [4.69, 9.17) is 18.9 Å². The Labute approximate surface area is 272 Å². The lowest BCUT2D eigenvalue weighted by Gasteiger charge is -2.25. The predicted octanol–water partition coefficient (Wildman–Crippen LogP) is 5.69. The Morgan fingerprint density at radius 1 is 0.696 bits per heavy atom. The summed E-state index contributed by atoms with van der Waals surface area (Å²) in [5, 5.41) is 0. The van der Waals surface area contributed by atoms with Crippen molar-refractivity contribution in [3.05, 3.63) is 83.2 Å². The minimum atomic E-state index is -0.421. The Balaban J connectivity index is 1.12. The zero-order valence-corrected chi connectivity index (χ0v) is 27.4. The number of carbonyl (C=O) groups excluding carboxylic acids is 2. The van der Waals surface area contributed by atoms with E-state index in [1.165, 1.54) is 11.1 Å². The van der Waals surface area contributed by atoms with E-state index in [0.717, 1.165) is 51.6 Å². The Morgan fingerprint density at radius 3 is 1.50 bits per heavy atom. The number of esters is 2. The molecule has 2 saturated heterocycles. The topological polar surface area (TPSA) is 103 Å². The van der Waals surface area contributed by atoms with Crippen molar-refractivity contribution in [2.45, 2.75) is 90.5 Å². The molecule has 0 unspecified atom stereocenters. The molecular formula is C36H46N4O6. The third-order valence-corrected chi connectivity index (χ3v) is 8.37.